The van der Waals surface area contributed by atoms with Crippen LogP contribution in [0.15, 0.2) is 42.5 Å². The van der Waals surface area contributed by atoms with E-state index in [-0.39, 0.29) is 18.2 Å². The number of benzene rings is 2. The van der Waals surface area contributed by atoms with Crippen molar-refractivity contribution < 1.29 is 19.1 Å². The highest BCUT2D eigenvalue weighted by Crippen LogP contribution is 2.31. The van der Waals surface area contributed by atoms with Crippen LogP contribution in [0.2, 0.25) is 0 Å². The first-order valence-corrected chi connectivity index (χ1v) is 9.74. The summed E-state index contributed by atoms with van der Waals surface area (Å²) < 4.78 is 11.0. The van der Waals surface area contributed by atoms with Crippen LogP contribution < -0.4 is 19.7 Å². The molecule has 0 aromatic heterocycles. The molecule has 2 aromatic rings. The number of aryl methyl sites for hydroxylation is 1. The number of hydrogen-bond donors (Lipinski definition) is 1. The van der Waals surface area contributed by atoms with Crippen molar-refractivity contribution in [3.63, 3.8) is 0 Å². The van der Waals surface area contributed by atoms with Gasteiger partial charge in [0.05, 0.1) is 6.42 Å². The Morgan fingerprint density at radius 3 is 2.75 bits per heavy atom. The molecule has 2 aliphatic heterocycles. The van der Waals surface area contributed by atoms with Crippen molar-refractivity contribution in [2.75, 3.05) is 31.2 Å². The van der Waals surface area contributed by atoms with Crippen LogP contribution >= 0.6 is 0 Å². The fourth-order valence-corrected chi connectivity index (χ4v) is 3.68. The first kappa shape index (κ1) is 18.3. The van der Waals surface area contributed by atoms with Gasteiger partial charge in [-0.1, -0.05) is 24.3 Å². The Morgan fingerprint density at radius 1 is 1.04 bits per heavy atom. The van der Waals surface area contributed by atoms with Crippen LogP contribution in [0.25, 0.3) is 0 Å². The Hall–Kier alpha value is -3.02. The molecular formula is C22H24N2O4. The van der Waals surface area contributed by atoms with Gasteiger partial charge in [0.2, 0.25) is 11.8 Å². The fourth-order valence-electron chi connectivity index (χ4n) is 3.68. The van der Waals surface area contributed by atoms with E-state index in [2.05, 4.69) is 11.4 Å². The van der Waals surface area contributed by atoms with Gasteiger partial charge in [-0.3, -0.25) is 9.59 Å². The van der Waals surface area contributed by atoms with Crippen LogP contribution in [0.1, 0.15) is 24.0 Å². The van der Waals surface area contributed by atoms with Crippen LogP contribution in [0.5, 0.6) is 11.5 Å². The summed E-state index contributed by atoms with van der Waals surface area (Å²) in [5.74, 6) is 1.33. The number of para-hydroxylation sites is 1. The Kier molecular flexibility index (Phi) is 5.46. The van der Waals surface area contributed by atoms with Gasteiger partial charge >= 0.3 is 0 Å². The minimum absolute atomic E-state index is 0.0479. The van der Waals surface area contributed by atoms with Crippen molar-refractivity contribution >= 4 is 17.5 Å². The zero-order valence-corrected chi connectivity index (χ0v) is 15.8. The maximum Gasteiger partial charge on any atom is 0.228 e. The normalized spacial score (nSPS) is 14.9. The van der Waals surface area contributed by atoms with E-state index in [1.165, 1.54) is 5.56 Å². The minimum Gasteiger partial charge on any atom is -0.486 e. The second-order valence-corrected chi connectivity index (χ2v) is 7.03. The maximum atomic E-state index is 12.6. The number of hydrogen-bond acceptors (Lipinski definition) is 4. The third kappa shape index (κ3) is 4.11. The van der Waals surface area contributed by atoms with E-state index in [0.29, 0.717) is 37.7 Å². The van der Waals surface area contributed by atoms with Crippen molar-refractivity contribution in [2.24, 2.45) is 0 Å². The molecule has 1 N–H and O–H groups in total. The number of nitrogens with zero attached hydrogens (tertiary/aromatic N) is 1. The summed E-state index contributed by atoms with van der Waals surface area (Å²) in [5, 5.41) is 2.85. The van der Waals surface area contributed by atoms with Gasteiger partial charge in [0.15, 0.2) is 11.5 Å². The number of fused-ring (bicyclic) bond motifs is 2. The molecule has 2 aliphatic rings. The second kappa shape index (κ2) is 8.33. The summed E-state index contributed by atoms with van der Waals surface area (Å²) >= 11 is 0. The van der Waals surface area contributed by atoms with Crippen molar-refractivity contribution in [3.05, 3.63) is 53.6 Å². The van der Waals surface area contributed by atoms with Crippen molar-refractivity contribution in [1.82, 2.24) is 5.32 Å². The monoisotopic (exact) mass is 380 g/mol. The highest BCUT2D eigenvalue weighted by Gasteiger charge is 2.21. The molecule has 2 heterocycles. The zero-order chi connectivity index (χ0) is 19.3. The average molecular weight is 380 g/mol. The highest BCUT2D eigenvalue weighted by molar-refractivity contribution is 5.95. The molecule has 0 saturated carbocycles. The number of amides is 2. The van der Waals surface area contributed by atoms with Crippen molar-refractivity contribution in [1.29, 1.82) is 0 Å². The van der Waals surface area contributed by atoms with Crippen LogP contribution in [0.3, 0.4) is 0 Å². The molecule has 0 radical (unpaired) electrons. The van der Waals surface area contributed by atoms with Gasteiger partial charge in [0, 0.05) is 25.2 Å². The van der Waals surface area contributed by atoms with E-state index in [0.717, 1.165) is 30.6 Å². The Morgan fingerprint density at radius 2 is 1.86 bits per heavy atom. The van der Waals surface area contributed by atoms with Crippen LogP contribution in [0, 0.1) is 0 Å². The molecule has 6 nitrogen and oxygen atoms in total. The summed E-state index contributed by atoms with van der Waals surface area (Å²) in [5.41, 5.74) is 3.07. The summed E-state index contributed by atoms with van der Waals surface area (Å²) in [6.45, 7) is 2.13. The summed E-state index contributed by atoms with van der Waals surface area (Å²) in [6, 6.07) is 13.6. The molecule has 6 heteroatoms. The molecule has 28 heavy (non-hydrogen) atoms. The summed E-state index contributed by atoms with van der Waals surface area (Å²) in [7, 11) is 0. The molecule has 0 atom stereocenters. The smallest absolute Gasteiger partial charge is 0.228 e. The van der Waals surface area contributed by atoms with Gasteiger partial charge in [0.1, 0.15) is 13.2 Å². The average Bonchev–Trinajstić information content (AvgIpc) is 2.73. The number of carbonyl (C=O) groups is 2. The topological polar surface area (TPSA) is 67.9 Å². The summed E-state index contributed by atoms with van der Waals surface area (Å²) in [6.07, 6.45) is 2.52. The van der Waals surface area contributed by atoms with Crippen LogP contribution in [-0.4, -0.2) is 38.1 Å². The van der Waals surface area contributed by atoms with Gasteiger partial charge in [0.25, 0.3) is 0 Å². The SMILES string of the molecule is O=C(Cc1ccc2c(c1)OCCO2)NCCC(=O)N1CCCc2ccccc21. The lowest BCUT2D eigenvalue weighted by Crippen LogP contribution is -2.38. The number of ether oxygens (including phenoxy) is 2. The van der Waals surface area contributed by atoms with Crippen molar-refractivity contribution in [3.8, 4) is 11.5 Å². The Labute approximate surface area is 164 Å². The molecule has 2 aromatic carbocycles. The standard InChI is InChI=1S/C22H24N2O4/c25-21(15-16-7-8-19-20(14-16)28-13-12-27-19)23-10-9-22(26)24-11-3-5-17-4-1-2-6-18(17)24/h1-2,4,6-8,14H,3,5,9-13,15H2,(H,23,25). The lowest BCUT2D eigenvalue weighted by atomic mass is 10.0. The molecule has 0 aliphatic carbocycles. The Bertz CT molecular complexity index is 881. The van der Waals surface area contributed by atoms with E-state index in [4.69, 9.17) is 9.47 Å². The quantitative estimate of drug-likeness (QED) is 0.865. The molecule has 146 valence electrons. The Balaban J connectivity index is 1.27. The first-order chi connectivity index (χ1) is 13.7. The fraction of sp³-hybridized carbons (Fsp3) is 0.364. The minimum atomic E-state index is -0.108. The zero-order valence-electron chi connectivity index (χ0n) is 15.8. The van der Waals surface area contributed by atoms with E-state index >= 15 is 0 Å². The van der Waals surface area contributed by atoms with E-state index in [1.54, 1.807) is 0 Å². The third-order valence-corrected chi connectivity index (χ3v) is 5.04. The predicted molar refractivity (Wildman–Crippen MR) is 106 cm³/mol. The number of anilines is 1. The van der Waals surface area contributed by atoms with E-state index < -0.39 is 0 Å². The molecular weight excluding hydrogens is 356 g/mol. The molecule has 0 spiro atoms. The highest BCUT2D eigenvalue weighted by atomic mass is 16.6. The third-order valence-electron chi connectivity index (χ3n) is 5.04. The number of nitrogens with one attached hydrogen (secondary N) is 1. The molecule has 4 rings (SSSR count). The van der Waals surface area contributed by atoms with E-state index in [1.807, 2.05) is 41.3 Å². The van der Waals surface area contributed by atoms with E-state index in [9.17, 15) is 9.59 Å². The molecule has 0 bridgehead atoms. The molecule has 0 unspecified atom stereocenters. The van der Waals surface area contributed by atoms with Gasteiger partial charge in [-0.05, 0) is 42.2 Å². The van der Waals surface area contributed by atoms with Gasteiger partial charge in [-0.25, -0.2) is 0 Å². The van der Waals surface area contributed by atoms with Crippen LogP contribution in [-0.2, 0) is 22.4 Å². The molecule has 2 amide bonds. The van der Waals surface area contributed by atoms with Crippen LogP contribution in [0.4, 0.5) is 5.69 Å². The molecule has 0 fully saturated rings. The van der Waals surface area contributed by atoms with Gasteiger partial charge in [-0.2, -0.15) is 0 Å². The largest absolute Gasteiger partial charge is 0.486 e. The lowest BCUT2D eigenvalue weighted by Gasteiger charge is -2.29. The maximum absolute atomic E-state index is 12.6. The lowest BCUT2D eigenvalue weighted by molar-refractivity contribution is -0.121. The van der Waals surface area contributed by atoms with Gasteiger partial charge in [-0.15, -0.1) is 0 Å². The summed E-state index contributed by atoms with van der Waals surface area (Å²) in [4.78, 5) is 26.7. The van der Waals surface area contributed by atoms with Crippen molar-refractivity contribution in [2.45, 2.75) is 25.7 Å². The predicted octanol–water partition coefficient (Wildman–Crippen LogP) is 2.49. The molecule has 0 saturated heterocycles. The number of carbonyl (C=O) groups excluding carboxylic acids is 2. The van der Waals surface area contributed by atoms with Gasteiger partial charge < -0.3 is 19.7 Å². The first-order valence-electron chi connectivity index (χ1n) is 9.74. The second-order valence-electron chi connectivity index (χ2n) is 7.03. The number of rotatable bonds is 5.